The van der Waals surface area contributed by atoms with Gasteiger partial charge < -0.3 is 19.3 Å². The van der Waals surface area contributed by atoms with Crippen molar-refractivity contribution >= 4 is 23.2 Å². The molecule has 1 atom stereocenters. The fourth-order valence-corrected chi connectivity index (χ4v) is 4.33. The van der Waals surface area contributed by atoms with Gasteiger partial charge in [-0.15, -0.1) is 11.3 Å². The summed E-state index contributed by atoms with van der Waals surface area (Å²) in [7, 11) is 3.52. The van der Waals surface area contributed by atoms with E-state index in [0.29, 0.717) is 12.5 Å². The van der Waals surface area contributed by atoms with Crippen LogP contribution in [-0.2, 0) is 34.0 Å². The summed E-state index contributed by atoms with van der Waals surface area (Å²) in [5, 5.41) is 7.12. The van der Waals surface area contributed by atoms with Crippen LogP contribution in [0.4, 0.5) is 13.2 Å². The van der Waals surface area contributed by atoms with Gasteiger partial charge in [0.2, 0.25) is 5.91 Å². The van der Waals surface area contributed by atoms with Gasteiger partial charge in [0.25, 0.3) is 0 Å². The first-order chi connectivity index (χ1) is 15.5. The Morgan fingerprint density at radius 2 is 1.94 bits per heavy atom. The normalized spacial score (nSPS) is 16.4. The van der Waals surface area contributed by atoms with Crippen molar-refractivity contribution in [2.75, 3.05) is 33.9 Å². The number of ether oxygens (including phenoxy) is 1. The minimum Gasteiger partial charge on any atom is -0.475 e. The van der Waals surface area contributed by atoms with Gasteiger partial charge in [0.05, 0.1) is 0 Å². The van der Waals surface area contributed by atoms with Crippen LogP contribution in [0.15, 0.2) is 30.5 Å². The molecule has 184 valence electrons. The molecule has 1 N–H and O–H groups in total. The van der Waals surface area contributed by atoms with Crippen LogP contribution in [0.25, 0.3) is 0 Å². The number of likely N-dealkylation sites (N-methyl/N-ethyl adjacent to an activating group) is 1. The summed E-state index contributed by atoms with van der Waals surface area (Å²) >= 11 is 1.88. The topological polar surface area (TPSA) is 75.0 Å². The number of hydrogen-bond donors (Lipinski definition) is 1. The van der Waals surface area contributed by atoms with Gasteiger partial charge in [-0.05, 0) is 43.5 Å². The van der Waals surface area contributed by atoms with Crippen molar-refractivity contribution in [3.63, 3.8) is 0 Å². The van der Waals surface area contributed by atoms with Gasteiger partial charge in [-0.2, -0.15) is 13.2 Å². The van der Waals surface area contributed by atoms with Crippen LogP contribution in [0, 0.1) is 12.8 Å². The number of aromatic nitrogens is 1. The summed E-state index contributed by atoms with van der Waals surface area (Å²) in [5.41, 5.74) is 1.38. The highest BCUT2D eigenvalue weighted by molar-refractivity contribution is 7.11. The van der Waals surface area contributed by atoms with E-state index in [1.54, 1.807) is 19.0 Å². The molecule has 2 aromatic rings. The molecule has 0 spiro atoms. The Morgan fingerprint density at radius 1 is 1.24 bits per heavy atom. The zero-order chi connectivity index (χ0) is 24.6. The number of carboxylic acids is 1. The third kappa shape index (κ3) is 9.18. The number of halogens is 3. The number of fused-ring (bicyclic) bond motifs is 1. The predicted molar refractivity (Wildman–Crippen MR) is 119 cm³/mol. The van der Waals surface area contributed by atoms with E-state index < -0.39 is 12.1 Å². The van der Waals surface area contributed by atoms with E-state index in [1.807, 2.05) is 11.3 Å². The summed E-state index contributed by atoms with van der Waals surface area (Å²) < 4.78 is 39.7. The number of hydrogen-bond acceptors (Lipinski definition) is 5. The highest BCUT2D eigenvalue weighted by Gasteiger charge is 2.38. The van der Waals surface area contributed by atoms with Crippen LogP contribution in [0.2, 0.25) is 0 Å². The first-order valence-corrected chi connectivity index (χ1v) is 11.3. The summed E-state index contributed by atoms with van der Waals surface area (Å²) in [5.74, 6) is -2.21. The largest absolute Gasteiger partial charge is 0.490 e. The van der Waals surface area contributed by atoms with Gasteiger partial charge in [-0.1, -0.05) is 0 Å². The van der Waals surface area contributed by atoms with Crippen molar-refractivity contribution < 1.29 is 32.6 Å². The van der Waals surface area contributed by atoms with E-state index in [9.17, 15) is 18.0 Å². The molecule has 1 aliphatic heterocycles. The average molecular weight is 490 g/mol. The van der Waals surface area contributed by atoms with Gasteiger partial charge in [-0.25, -0.2) is 4.79 Å². The second-order valence-corrected chi connectivity index (χ2v) is 9.50. The number of alkyl halides is 3. The number of nitrogens with zero attached hydrogens (tertiary/aromatic N) is 3. The Balaban J connectivity index is 0.000000479. The van der Waals surface area contributed by atoms with Crippen LogP contribution < -0.4 is 0 Å². The van der Waals surface area contributed by atoms with Gasteiger partial charge in [0.1, 0.15) is 6.61 Å². The third-order valence-electron chi connectivity index (χ3n) is 5.09. The molecule has 3 heterocycles. The number of rotatable bonds is 7. The molecule has 1 unspecified atom stereocenters. The Morgan fingerprint density at radius 3 is 2.52 bits per heavy atom. The quantitative estimate of drug-likeness (QED) is 0.602. The van der Waals surface area contributed by atoms with Crippen LogP contribution in [-0.4, -0.2) is 71.4 Å². The lowest BCUT2D eigenvalue weighted by molar-refractivity contribution is -0.192. The highest BCUT2D eigenvalue weighted by Crippen LogP contribution is 2.24. The molecule has 2 aromatic heterocycles. The van der Waals surface area contributed by atoms with E-state index in [4.69, 9.17) is 14.6 Å². The molecule has 0 saturated carbocycles. The summed E-state index contributed by atoms with van der Waals surface area (Å²) in [6.45, 7) is 7.04. The molecule has 3 rings (SSSR count). The maximum Gasteiger partial charge on any atom is 0.490 e. The Bertz CT molecular complexity index is 911. The maximum absolute atomic E-state index is 11.6. The Hall–Kier alpha value is -2.37. The van der Waals surface area contributed by atoms with Gasteiger partial charge >= 0.3 is 12.1 Å². The van der Waals surface area contributed by atoms with Crippen molar-refractivity contribution in [2.24, 2.45) is 5.92 Å². The first kappa shape index (κ1) is 26.9. The number of carboxylic acid groups (broad SMARTS) is 1. The number of carbonyl (C=O) groups excluding carboxylic acids is 1. The Labute approximate surface area is 195 Å². The minimum absolute atomic E-state index is 0.0215. The van der Waals surface area contributed by atoms with Crippen molar-refractivity contribution in [1.29, 1.82) is 0 Å². The lowest BCUT2D eigenvalue weighted by Gasteiger charge is -2.23. The molecule has 1 aliphatic rings. The summed E-state index contributed by atoms with van der Waals surface area (Å²) in [6, 6.07) is 8.81. The standard InChI is InChI=1S/C20H29N3O2S.C2HF3O2/c1-16-6-7-19(26-16)14-22-11-17(8-10-25-15-20(24)21(2)3)12-23-9-4-5-18(23)13-22;3-2(4,5)1(6)7/h4-7,9,17H,8,10-15H2,1-3H3;(H,6,7). The van der Waals surface area contributed by atoms with E-state index in [1.165, 1.54) is 15.4 Å². The number of amides is 1. The molecule has 0 radical (unpaired) electrons. The molecule has 1 amide bonds. The second kappa shape index (κ2) is 12.2. The minimum atomic E-state index is -5.08. The number of carbonyl (C=O) groups is 2. The summed E-state index contributed by atoms with van der Waals surface area (Å²) in [4.78, 5) is 27.4. The van der Waals surface area contributed by atoms with Crippen LogP contribution in [0.5, 0.6) is 0 Å². The van der Waals surface area contributed by atoms with Crippen LogP contribution in [0.3, 0.4) is 0 Å². The van der Waals surface area contributed by atoms with Gasteiger partial charge in [0.15, 0.2) is 0 Å². The molecule has 0 aliphatic carbocycles. The molecule has 7 nitrogen and oxygen atoms in total. The molecule has 11 heteroatoms. The molecular formula is C22H30F3N3O4S. The molecule has 0 fully saturated rings. The zero-order valence-corrected chi connectivity index (χ0v) is 19.8. The van der Waals surface area contributed by atoms with Gasteiger partial charge in [-0.3, -0.25) is 9.69 Å². The van der Waals surface area contributed by atoms with Crippen LogP contribution in [0.1, 0.15) is 21.9 Å². The lowest BCUT2D eigenvalue weighted by atomic mass is 10.1. The predicted octanol–water partition coefficient (Wildman–Crippen LogP) is 3.62. The highest BCUT2D eigenvalue weighted by atomic mass is 32.1. The number of thiophene rings is 1. The molecule has 0 aromatic carbocycles. The van der Waals surface area contributed by atoms with E-state index in [2.05, 4.69) is 46.9 Å². The smallest absolute Gasteiger partial charge is 0.475 e. The monoisotopic (exact) mass is 489 g/mol. The third-order valence-corrected chi connectivity index (χ3v) is 6.08. The fourth-order valence-electron chi connectivity index (χ4n) is 3.40. The van der Waals surface area contributed by atoms with Crippen molar-refractivity contribution in [3.05, 3.63) is 45.9 Å². The van der Waals surface area contributed by atoms with Crippen molar-refractivity contribution in [1.82, 2.24) is 14.4 Å². The molecule has 0 saturated heterocycles. The number of aryl methyl sites for hydroxylation is 1. The van der Waals surface area contributed by atoms with E-state index in [-0.39, 0.29) is 12.5 Å². The maximum atomic E-state index is 11.6. The number of aliphatic carboxylic acids is 1. The average Bonchev–Trinajstić information content (AvgIpc) is 3.29. The zero-order valence-electron chi connectivity index (χ0n) is 19.0. The van der Waals surface area contributed by atoms with Gasteiger partial charge in [0, 0.05) is 68.5 Å². The Kier molecular flexibility index (Phi) is 9.93. The first-order valence-electron chi connectivity index (χ1n) is 10.5. The molecule has 33 heavy (non-hydrogen) atoms. The van der Waals surface area contributed by atoms with E-state index in [0.717, 1.165) is 32.6 Å². The van der Waals surface area contributed by atoms with Crippen molar-refractivity contribution in [2.45, 2.75) is 39.2 Å². The fraction of sp³-hybridized carbons (Fsp3) is 0.545. The molecular weight excluding hydrogens is 459 g/mol. The van der Waals surface area contributed by atoms with Crippen molar-refractivity contribution in [3.8, 4) is 0 Å². The van der Waals surface area contributed by atoms with Crippen LogP contribution >= 0.6 is 11.3 Å². The second-order valence-electron chi connectivity index (χ2n) is 8.13. The lowest BCUT2D eigenvalue weighted by Crippen LogP contribution is -2.29. The summed E-state index contributed by atoms with van der Waals surface area (Å²) in [6.07, 6.45) is -1.93. The molecule has 0 bridgehead atoms. The van der Waals surface area contributed by atoms with E-state index >= 15 is 0 Å². The SMILES string of the molecule is Cc1ccc(CN2Cc3cccn3CC(CCOCC(=O)N(C)C)C2)s1.O=C(O)C(F)(F)F.